The summed E-state index contributed by atoms with van der Waals surface area (Å²) in [6, 6.07) is 14.3. The van der Waals surface area contributed by atoms with Crippen LogP contribution in [0, 0.1) is 32.1 Å². The molecule has 3 aromatic heterocycles. The van der Waals surface area contributed by atoms with Gasteiger partial charge >= 0.3 is 0 Å². The van der Waals surface area contributed by atoms with Gasteiger partial charge in [0, 0.05) is 28.8 Å². The van der Waals surface area contributed by atoms with Crippen molar-refractivity contribution < 1.29 is 79.5 Å². The van der Waals surface area contributed by atoms with E-state index in [2.05, 4.69) is 46.0 Å². The lowest BCUT2D eigenvalue weighted by molar-refractivity contribution is -0.114. The number of aromatic hydroxyl groups is 1. The van der Waals surface area contributed by atoms with Gasteiger partial charge in [-0.3, -0.25) is 32.0 Å². The van der Waals surface area contributed by atoms with Crippen LogP contribution >= 0.6 is 23.1 Å². The number of amides is 1. The number of azo groups is 3. The quantitative estimate of drug-likeness (QED) is 0.0161. The van der Waals surface area contributed by atoms with E-state index in [1.54, 1.807) is 19.9 Å². The Morgan fingerprint density at radius 3 is 1.99 bits per heavy atom. The van der Waals surface area contributed by atoms with E-state index in [0.29, 0.717) is 16.0 Å². The minimum absolute atomic E-state index is 0.0212. The molecular formula is C46H41N11O18S7. The zero-order chi connectivity index (χ0) is 60.0. The number of aryl methyl sites for hydroxylation is 2. The third kappa shape index (κ3) is 13.7. The summed E-state index contributed by atoms with van der Waals surface area (Å²) in [4.78, 5) is 19.1. The highest BCUT2D eigenvalue weighted by molar-refractivity contribution is 7.99. The first-order chi connectivity index (χ1) is 38.2. The van der Waals surface area contributed by atoms with E-state index in [1.807, 2.05) is 6.07 Å². The maximum absolute atomic E-state index is 12.5. The summed E-state index contributed by atoms with van der Waals surface area (Å²) in [7, 11) is -23.3. The van der Waals surface area contributed by atoms with Gasteiger partial charge in [-0.25, -0.2) is 9.97 Å². The number of hydrogen-bond acceptors (Lipinski definition) is 24. The number of nitrogens with zero attached hydrogens (tertiary/aromatic N) is 10. The molecule has 0 saturated carbocycles. The molecule has 430 valence electrons. The minimum atomic E-state index is -4.93. The summed E-state index contributed by atoms with van der Waals surface area (Å²) in [5, 5.41) is 50.5. The molecule has 3 heterocycles. The molecule has 0 aliphatic rings. The highest BCUT2D eigenvalue weighted by Gasteiger charge is 2.26. The van der Waals surface area contributed by atoms with Gasteiger partial charge in [0.25, 0.3) is 50.6 Å². The molecule has 8 aromatic rings. The second-order valence-corrected chi connectivity index (χ2v) is 27.2. The standard InChI is InChI=1S/C46H41N11O18S7/c1-22-13-33(53-55-41-24(3)29(21-47)44-49-32-20-39(81(69,70)71)35(48-25(4)58)17-36(32)57(44)45(41)59)37(75-9-5-11-78(60,61)62)18-30(22)51-54-34-14-23(2)31(19-38(34)76-10-6-12-79(63,64)65)52-56-46-50-42-40(82(72,73)74)15-26-7-8-27(80(66,67)68)16-28(26)43(42)77-46/h7-8,13-20,59H,5-6,9-12H2,1-4H3,(H,48,58)(H,60,61,62)(H,63,64,65)(H,66,67,68)(H,69,70,71)(H,72,73,74). The van der Waals surface area contributed by atoms with Gasteiger partial charge in [-0.05, 0) is 104 Å². The third-order valence-electron chi connectivity index (χ3n) is 11.7. The van der Waals surface area contributed by atoms with Crippen molar-refractivity contribution >= 4 is 157 Å². The molecule has 0 aliphatic heterocycles. The summed E-state index contributed by atoms with van der Waals surface area (Å²) < 4.78 is 175. The van der Waals surface area contributed by atoms with Crippen LogP contribution in [0.15, 0.2) is 111 Å². The molecule has 0 spiro atoms. The van der Waals surface area contributed by atoms with Gasteiger partial charge in [0.1, 0.15) is 38.4 Å². The number of carbonyl (C=O) groups is 1. The third-order valence-corrected chi connectivity index (χ3v) is 18.1. The Morgan fingerprint density at radius 1 is 0.732 bits per heavy atom. The van der Waals surface area contributed by atoms with Gasteiger partial charge in [0.15, 0.2) is 11.3 Å². The molecular weight excluding hydrogens is 1220 g/mol. The lowest BCUT2D eigenvalue weighted by Crippen LogP contribution is -2.11. The SMILES string of the molecule is CC(=O)Nc1cc2c(cc1S(=O)(=O)O)nc1c(C#N)c(C)c(N=Nc3cc(C)c(N=Nc4cc(C)c(N=Nc5nc6c(S(=O)(=O)O)cc7ccc(S(=O)(=O)O)cc7c6s5)cc4SCCCS(=O)(=O)O)cc3OCCCS(=O)(=O)O)c(O)n12. The number of imidazole rings is 1. The molecule has 0 bridgehead atoms. The molecule has 1 amide bonds. The first-order valence-corrected chi connectivity index (χ1v) is 32.4. The fourth-order valence-corrected chi connectivity index (χ4v) is 13.0. The average molecular weight is 1260 g/mol. The van der Waals surface area contributed by atoms with Gasteiger partial charge in [-0.2, -0.15) is 52.5 Å². The van der Waals surface area contributed by atoms with Gasteiger partial charge in [-0.1, -0.05) is 17.4 Å². The van der Waals surface area contributed by atoms with E-state index in [0.717, 1.165) is 64.8 Å². The predicted molar refractivity (Wildman–Crippen MR) is 298 cm³/mol. The average Bonchev–Trinajstić information content (AvgIpc) is 3.80. The number of carbonyl (C=O) groups excluding carboxylic acids is 1. The van der Waals surface area contributed by atoms with E-state index < -0.39 is 88.6 Å². The smallest absolute Gasteiger partial charge is 0.296 e. The van der Waals surface area contributed by atoms with Crippen LogP contribution in [0.3, 0.4) is 0 Å². The second kappa shape index (κ2) is 23.0. The molecule has 0 unspecified atom stereocenters. The second-order valence-electron chi connectivity index (χ2n) is 17.7. The lowest BCUT2D eigenvalue weighted by atomic mass is 10.1. The van der Waals surface area contributed by atoms with Crippen molar-refractivity contribution in [1.29, 1.82) is 5.26 Å². The molecule has 0 radical (unpaired) electrons. The van der Waals surface area contributed by atoms with Crippen molar-refractivity contribution in [3.8, 4) is 17.7 Å². The Bertz CT molecular complexity index is 4750. The number of anilines is 1. The number of hydrogen-bond donors (Lipinski definition) is 7. The van der Waals surface area contributed by atoms with Crippen molar-refractivity contribution in [2.24, 2.45) is 30.7 Å². The molecule has 0 fully saturated rings. The van der Waals surface area contributed by atoms with Gasteiger partial charge in [-0.15, -0.1) is 37.3 Å². The van der Waals surface area contributed by atoms with E-state index in [-0.39, 0.29) is 119 Å². The van der Waals surface area contributed by atoms with Crippen LogP contribution in [0.5, 0.6) is 11.6 Å². The molecule has 82 heavy (non-hydrogen) atoms. The van der Waals surface area contributed by atoms with Crippen LogP contribution < -0.4 is 10.1 Å². The number of rotatable bonds is 20. The normalized spacial score (nSPS) is 13.0. The Balaban J connectivity index is 1.19. The monoisotopic (exact) mass is 1260 g/mol. The summed E-state index contributed by atoms with van der Waals surface area (Å²) in [5.74, 6) is -2.61. The maximum Gasteiger partial charge on any atom is 0.296 e. The van der Waals surface area contributed by atoms with Gasteiger partial charge < -0.3 is 15.2 Å². The van der Waals surface area contributed by atoms with Crippen molar-refractivity contribution in [2.75, 3.05) is 29.2 Å². The first-order valence-electron chi connectivity index (χ1n) is 23.1. The first kappa shape index (κ1) is 60.6. The number of pyridine rings is 1. The summed E-state index contributed by atoms with van der Waals surface area (Å²) in [6.07, 6.45) is -0.233. The summed E-state index contributed by atoms with van der Waals surface area (Å²) in [6.45, 7) is 5.41. The molecule has 5 aromatic carbocycles. The molecule has 7 N–H and O–H groups in total. The number of fused-ring (bicyclic) bond motifs is 6. The predicted octanol–water partition coefficient (Wildman–Crippen LogP) is 9.72. The Morgan fingerprint density at radius 2 is 1.35 bits per heavy atom. The molecule has 0 atom stereocenters. The Kier molecular flexibility index (Phi) is 17.0. The molecule has 0 saturated heterocycles. The minimum Gasteiger partial charge on any atom is -0.493 e. The Labute approximate surface area is 473 Å². The van der Waals surface area contributed by atoms with Crippen molar-refractivity contribution in [2.45, 2.75) is 60.1 Å². The number of aromatic nitrogens is 3. The van der Waals surface area contributed by atoms with E-state index in [4.69, 9.17) is 4.74 Å². The highest BCUT2D eigenvalue weighted by Crippen LogP contribution is 2.45. The van der Waals surface area contributed by atoms with Crippen LogP contribution in [0.25, 0.3) is 37.7 Å². The number of thioether (sulfide) groups is 1. The van der Waals surface area contributed by atoms with Crippen LogP contribution in [0.1, 0.15) is 42.0 Å². The topological polar surface area (TPSA) is 459 Å². The number of benzene rings is 5. The van der Waals surface area contributed by atoms with Gasteiger partial charge in [0.05, 0.1) is 61.5 Å². The van der Waals surface area contributed by atoms with Crippen molar-refractivity contribution in [3.63, 3.8) is 0 Å². The molecule has 0 aliphatic carbocycles. The van der Waals surface area contributed by atoms with Crippen LogP contribution in [-0.2, 0) is 55.4 Å². The van der Waals surface area contributed by atoms with E-state index in [9.17, 15) is 80.0 Å². The van der Waals surface area contributed by atoms with E-state index in [1.165, 1.54) is 31.2 Å². The van der Waals surface area contributed by atoms with Gasteiger partial charge in [0.2, 0.25) is 16.9 Å². The van der Waals surface area contributed by atoms with Crippen LogP contribution in [-0.4, -0.2) is 114 Å². The molecule has 8 rings (SSSR count). The fraction of sp³-hybridized carbons (Fsp3) is 0.217. The zero-order valence-electron chi connectivity index (χ0n) is 42.4. The number of thiazole rings is 1. The maximum atomic E-state index is 12.5. The highest BCUT2D eigenvalue weighted by atomic mass is 32.2. The largest absolute Gasteiger partial charge is 0.493 e. The van der Waals surface area contributed by atoms with Crippen LogP contribution in [0.2, 0.25) is 0 Å². The summed E-state index contributed by atoms with van der Waals surface area (Å²) >= 11 is 1.88. The fourth-order valence-electron chi connectivity index (χ4n) is 8.01. The number of ether oxygens (including phenoxy) is 1. The molecule has 29 nitrogen and oxygen atoms in total. The lowest BCUT2D eigenvalue weighted by Gasteiger charge is -2.12. The zero-order valence-corrected chi connectivity index (χ0v) is 48.1. The number of nitriles is 1. The number of nitrogens with one attached hydrogen (secondary N) is 1. The summed E-state index contributed by atoms with van der Waals surface area (Å²) in [5.41, 5.74) is -0.0493. The van der Waals surface area contributed by atoms with Crippen LogP contribution in [0.4, 0.5) is 39.3 Å². The van der Waals surface area contributed by atoms with Crippen molar-refractivity contribution in [1.82, 2.24) is 14.4 Å². The van der Waals surface area contributed by atoms with E-state index >= 15 is 0 Å². The van der Waals surface area contributed by atoms with Crippen molar-refractivity contribution in [3.05, 3.63) is 82.9 Å². The molecule has 36 heteroatoms. The Hall–Kier alpha value is -7.54.